The minimum atomic E-state index is -3.88. The van der Waals surface area contributed by atoms with E-state index >= 15 is 0 Å². The first-order chi connectivity index (χ1) is 15.9. The summed E-state index contributed by atoms with van der Waals surface area (Å²) in [7, 11) is -3.88. The van der Waals surface area contributed by atoms with Gasteiger partial charge in [0.25, 0.3) is 5.91 Å². The predicted octanol–water partition coefficient (Wildman–Crippen LogP) is 0.0154. The van der Waals surface area contributed by atoms with E-state index in [4.69, 9.17) is 10.00 Å². The van der Waals surface area contributed by atoms with E-state index in [2.05, 4.69) is 5.32 Å². The number of carboxylic acid groups (broad SMARTS) is 1. The number of nitriles is 2. The molecule has 1 fully saturated rings. The van der Waals surface area contributed by atoms with E-state index in [0.29, 0.717) is 0 Å². The molecular formula is C18H18N4O8S4. The number of nitrogens with one attached hydrogen (secondary N) is 1. The Balaban J connectivity index is 2.10. The number of β-lactam (4-membered cyclic amide) rings is 1. The molecule has 0 spiro atoms. The average molecular weight is 547 g/mol. The van der Waals surface area contributed by atoms with Gasteiger partial charge >= 0.3 is 11.9 Å². The van der Waals surface area contributed by atoms with Crippen molar-refractivity contribution in [1.29, 1.82) is 10.5 Å². The smallest absolute Gasteiger partial charge is 0.352 e. The lowest BCUT2D eigenvalue weighted by molar-refractivity contribution is -0.150. The number of sulfone groups is 1. The average Bonchev–Trinajstić information content (AvgIpc) is 2.75. The summed E-state index contributed by atoms with van der Waals surface area (Å²) >= 11 is 2.74. The van der Waals surface area contributed by atoms with Crippen molar-refractivity contribution in [2.75, 3.05) is 30.1 Å². The SMILES string of the molecule is CC(=O)OCC1=C(C(=O)O)N2C(=O)[C@@H](NC(=O)CSC(SCC#N)=C(C#N)S(C)(=O)=O)[C@H]2SC1. The molecule has 2 heterocycles. The molecule has 2 N–H and O–H groups in total. The molecule has 2 atom stereocenters. The number of thioether (sulfide) groups is 3. The van der Waals surface area contributed by atoms with Gasteiger partial charge in [-0.1, -0.05) is 0 Å². The first-order valence-electron chi connectivity index (χ1n) is 9.22. The Morgan fingerprint density at radius 3 is 2.53 bits per heavy atom. The molecule has 0 unspecified atom stereocenters. The molecule has 16 heteroatoms. The summed E-state index contributed by atoms with van der Waals surface area (Å²) in [6, 6.07) is 2.38. The first kappa shape index (κ1) is 27.6. The fourth-order valence-corrected chi connectivity index (χ4v) is 7.52. The molecule has 0 bridgehead atoms. The van der Waals surface area contributed by atoms with E-state index < -0.39 is 49.9 Å². The van der Waals surface area contributed by atoms with Crippen LogP contribution < -0.4 is 5.32 Å². The number of hydrogen-bond donors (Lipinski definition) is 2. The maximum atomic E-state index is 12.6. The number of fused-ring (bicyclic) bond motifs is 1. The number of aliphatic carboxylic acids is 1. The highest BCUT2D eigenvalue weighted by atomic mass is 32.2. The van der Waals surface area contributed by atoms with Crippen LogP contribution in [0.5, 0.6) is 0 Å². The molecule has 2 aliphatic heterocycles. The van der Waals surface area contributed by atoms with E-state index in [1.807, 2.05) is 6.07 Å². The summed E-state index contributed by atoms with van der Waals surface area (Å²) < 4.78 is 28.5. The van der Waals surface area contributed by atoms with E-state index in [-0.39, 0.29) is 39.4 Å². The van der Waals surface area contributed by atoms with Crippen LogP contribution in [-0.4, -0.2) is 83.7 Å². The molecule has 2 rings (SSSR count). The Morgan fingerprint density at radius 1 is 1.32 bits per heavy atom. The second-order valence-corrected chi connectivity index (χ2v) is 12.0. The van der Waals surface area contributed by atoms with Crippen molar-refractivity contribution >= 4 is 68.9 Å². The molecule has 0 aromatic heterocycles. The molecule has 0 aromatic carbocycles. The molecule has 0 saturated carbocycles. The second kappa shape index (κ2) is 11.7. The standard InChI is InChI=1S/C18H18N4O8S4/c1-9(23)30-6-10-7-32-16-13(15(25)22(16)14(10)17(26)27)21-12(24)8-33-18(31-4-3-19)11(5-20)34(2,28)29/h13,16H,4,6-8H2,1-2H3,(H,21,24)(H,26,27)/t13-,16-/m1/s1. The van der Waals surface area contributed by atoms with Crippen LogP contribution in [0.3, 0.4) is 0 Å². The Hall–Kier alpha value is -2.66. The van der Waals surface area contributed by atoms with Crippen LogP contribution in [0.2, 0.25) is 0 Å². The zero-order valence-corrected chi connectivity index (χ0v) is 21.0. The minimum absolute atomic E-state index is 0.0125. The lowest BCUT2D eigenvalue weighted by atomic mass is 10.0. The number of hydrogen-bond acceptors (Lipinski definition) is 12. The van der Waals surface area contributed by atoms with E-state index in [1.54, 1.807) is 6.07 Å². The summed E-state index contributed by atoms with van der Waals surface area (Å²) in [5, 5.41) is 29.3. The van der Waals surface area contributed by atoms with E-state index in [9.17, 15) is 38.0 Å². The third kappa shape index (κ3) is 6.47. The van der Waals surface area contributed by atoms with Crippen LogP contribution in [0.4, 0.5) is 0 Å². The number of amides is 2. The van der Waals surface area contributed by atoms with Gasteiger partial charge in [-0.15, -0.1) is 35.3 Å². The Labute approximate surface area is 207 Å². The molecule has 182 valence electrons. The highest BCUT2D eigenvalue weighted by molar-refractivity contribution is 8.23. The van der Waals surface area contributed by atoms with Crippen LogP contribution in [0, 0.1) is 22.7 Å². The van der Waals surface area contributed by atoms with Gasteiger partial charge in [-0.25, -0.2) is 13.2 Å². The van der Waals surface area contributed by atoms with Gasteiger partial charge in [0.1, 0.15) is 29.8 Å². The van der Waals surface area contributed by atoms with Crippen molar-refractivity contribution in [1.82, 2.24) is 10.2 Å². The number of rotatable bonds is 10. The number of esters is 1. The zero-order chi connectivity index (χ0) is 25.6. The third-order valence-electron chi connectivity index (χ3n) is 4.28. The van der Waals surface area contributed by atoms with Crippen molar-refractivity contribution in [3.05, 3.63) is 20.4 Å². The number of carbonyl (C=O) groups is 4. The summed E-state index contributed by atoms with van der Waals surface area (Å²) in [4.78, 5) is 48.3. The lowest BCUT2D eigenvalue weighted by Gasteiger charge is -2.49. The van der Waals surface area contributed by atoms with Gasteiger partial charge in [0.05, 0.1) is 21.8 Å². The highest BCUT2D eigenvalue weighted by Gasteiger charge is 2.54. The van der Waals surface area contributed by atoms with Gasteiger partial charge in [0.2, 0.25) is 5.91 Å². The summed E-state index contributed by atoms with van der Waals surface area (Å²) in [6.45, 7) is 0.901. The van der Waals surface area contributed by atoms with Crippen LogP contribution in [-0.2, 0) is 33.8 Å². The molecule has 0 aromatic rings. The number of carboxylic acids is 1. The normalized spacial score (nSPS) is 20.2. The zero-order valence-electron chi connectivity index (χ0n) is 17.8. The molecule has 2 aliphatic rings. The number of nitrogens with zero attached hydrogens (tertiary/aromatic N) is 3. The second-order valence-electron chi connectivity index (χ2n) is 6.73. The van der Waals surface area contributed by atoms with Gasteiger partial charge in [0.15, 0.2) is 14.7 Å². The highest BCUT2D eigenvalue weighted by Crippen LogP contribution is 2.40. The first-order valence-corrected chi connectivity index (χ1v) is 14.1. The Bertz CT molecular complexity index is 1170. The lowest BCUT2D eigenvalue weighted by Crippen LogP contribution is -2.70. The largest absolute Gasteiger partial charge is 0.477 e. The van der Waals surface area contributed by atoms with Gasteiger partial charge in [-0.2, -0.15) is 10.5 Å². The van der Waals surface area contributed by atoms with Crippen molar-refractivity contribution in [2.24, 2.45) is 0 Å². The topological polar surface area (TPSA) is 195 Å². The summed E-state index contributed by atoms with van der Waals surface area (Å²) in [5.74, 6) is -3.57. The van der Waals surface area contributed by atoms with Crippen molar-refractivity contribution in [2.45, 2.75) is 18.3 Å². The molecule has 0 radical (unpaired) electrons. The molecule has 0 aliphatic carbocycles. The van der Waals surface area contributed by atoms with Crippen molar-refractivity contribution < 1.29 is 37.4 Å². The van der Waals surface area contributed by atoms with Crippen LogP contribution in [0.25, 0.3) is 0 Å². The van der Waals surface area contributed by atoms with Crippen molar-refractivity contribution in [3.63, 3.8) is 0 Å². The van der Waals surface area contributed by atoms with E-state index in [1.165, 1.54) is 18.7 Å². The third-order valence-corrected chi connectivity index (χ3v) is 9.23. The Kier molecular flexibility index (Phi) is 9.45. The molecule has 1 saturated heterocycles. The van der Waals surface area contributed by atoms with Gasteiger partial charge < -0.3 is 15.2 Å². The quantitative estimate of drug-likeness (QED) is 0.211. The van der Waals surface area contributed by atoms with Crippen LogP contribution in [0.15, 0.2) is 20.4 Å². The van der Waals surface area contributed by atoms with Crippen LogP contribution >= 0.6 is 35.3 Å². The van der Waals surface area contributed by atoms with E-state index in [0.717, 1.165) is 34.7 Å². The van der Waals surface area contributed by atoms with Gasteiger partial charge in [-0.05, 0) is 0 Å². The summed E-state index contributed by atoms with van der Waals surface area (Å²) in [5.41, 5.74) is -0.0356. The fourth-order valence-electron chi connectivity index (χ4n) is 2.88. The van der Waals surface area contributed by atoms with Gasteiger partial charge in [-0.3, -0.25) is 19.3 Å². The number of ether oxygens (including phenoxy) is 1. The monoisotopic (exact) mass is 546 g/mol. The van der Waals surface area contributed by atoms with Crippen molar-refractivity contribution in [3.8, 4) is 12.1 Å². The fraction of sp³-hybridized carbons (Fsp3) is 0.444. The van der Waals surface area contributed by atoms with Crippen LogP contribution in [0.1, 0.15) is 6.92 Å². The maximum absolute atomic E-state index is 12.6. The maximum Gasteiger partial charge on any atom is 0.352 e. The Morgan fingerprint density at radius 2 is 2.00 bits per heavy atom. The molecule has 2 amide bonds. The summed E-state index contributed by atoms with van der Waals surface area (Å²) in [6.07, 6.45) is 0.838. The predicted molar refractivity (Wildman–Crippen MR) is 124 cm³/mol. The number of allylic oxidation sites excluding steroid dienone is 1. The minimum Gasteiger partial charge on any atom is -0.477 e. The molecular weight excluding hydrogens is 528 g/mol. The van der Waals surface area contributed by atoms with Gasteiger partial charge in [0, 0.05) is 24.5 Å². The molecule has 12 nitrogen and oxygen atoms in total. The molecule has 34 heavy (non-hydrogen) atoms. The number of carbonyl (C=O) groups excluding carboxylic acids is 3.